The summed E-state index contributed by atoms with van der Waals surface area (Å²) in [5.41, 5.74) is 21.2. The Morgan fingerprint density at radius 3 is 1.38 bits per heavy atom. The van der Waals surface area contributed by atoms with Gasteiger partial charge in [0.15, 0.2) is 5.65 Å². The van der Waals surface area contributed by atoms with Crippen LogP contribution in [0.3, 0.4) is 0 Å². The predicted octanol–water partition coefficient (Wildman–Crippen LogP) is 20.0. The number of rotatable bonds is 11. The Labute approximate surface area is 491 Å². The van der Waals surface area contributed by atoms with Gasteiger partial charge in [-0.2, -0.15) is 0 Å². The Kier molecular flexibility index (Phi) is 15.8. The second-order valence-corrected chi connectivity index (χ2v) is 26.3. The van der Waals surface area contributed by atoms with E-state index in [1.807, 2.05) is 12.3 Å². The molecule has 0 aliphatic rings. The van der Waals surface area contributed by atoms with Crippen LogP contribution < -0.4 is 0 Å². The van der Waals surface area contributed by atoms with Crippen LogP contribution in [0.5, 0.6) is 5.75 Å². The van der Waals surface area contributed by atoms with Gasteiger partial charge < -0.3 is 9.67 Å². The minimum Gasteiger partial charge on any atom is -0.507 e. The molecule has 0 fully saturated rings. The Bertz CT molecular complexity index is 3850. The van der Waals surface area contributed by atoms with Crippen molar-refractivity contribution in [3.63, 3.8) is 0 Å². The zero-order valence-electron chi connectivity index (χ0n) is 50.2. The Balaban J connectivity index is 0.00000774. The minimum absolute atomic E-state index is 0. The van der Waals surface area contributed by atoms with E-state index in [9.17, 15) is 5.11 Å². The Hall–Kier alpha value is -6.88. The van der Waals surface area contributed by atoms with E-state index >= 15 is 0 Å². The van der Waals surface area contributed by atoms with Gasteiger partial charge in [-0.15, -0.1) is 29.3 Å². The summed E-state index contributed by atoms with van der Waals surface area (Å²) >= 11 is 0. The number of phenols is 1. The van der Waals surface area contributed by atoms with E-state index in [-0.39, 0.29) is 66.7 Å². The van der Waals surface area contributed by atoms with Crippen molar-refractivity contribution in [2.24, 2.45) is 0 Å². The van der Waals surface area contributed by atoms with E-state index in [1.165, 1.54) is 44.5 Å². The van der Waals surface area contributed by atoms with Crippen molar-refractivity contribution in [1.82, 2.24) is 24.1 Å². The topological polar surface area (TPSA) is 68.8 Å². The maximum absolute atomic E-state index is 12.9. The number of imidazole rings is 2. The number of aromatic hydroxyl groups is 1. The number of phenolic OH excluding ortho intramolecular Hbond substituents is 1. The third kappa shape index (κ3) is 10.8. The molecule has 7 heteroatoms. The summed E-state index contributed by atoms with van der Waals surface area (Å²) in [6.07, 6.45) is 1.84. The van der Waals surface area contributed by atoms with Crippen molar-refractivity contribution in [2.45, 2.75) is 158 Å². The molecule has 0 aliphatic carbocycles. The number of aromatic nitrogens is 5. The number of nitrogens with zero attached hydrogens (tertiary/aromatic N) is 5. The number of hydrogen-bond acceptors (Lipinski definition) is 4. The summed E-state index contributed by atoms with van der Waals surface area (Å²) in [5, 5.41) is 12.9. The summed E-state index contributed by atoms with van der Waals surface area (Å²) in [4.78, 5) is 16.3. The molecule has 414 valence electrons. The van der Waals surface area contributed by atoms with Crippen LogP contribution in [0.4, 0.5) is 0 Å². The number of benzene rings is 7. The summed E-state index contributed by atoms with van der Waals surface area (Å²) in [7, 11) is 0. The SMILES string of the molecule is CC(C)c1cc(-c2ccccc2)cc(C(C)C)c1-n1c(-c2[c-]c(-c3cccc4c3nc(-c3cc(C(C)(C)C)cc(C(C)(C)C)c3O)n4-c3c(C(C)C)cc(-c4ccccc4)cc3C(C)C)cc(C(C)(C)C)c2)nc2ncccc21.[Pt]. The van der Waals surface area contributed by atoms with Gasteiger partial charge in [-0.25, -0.2) is 15.0 Å². The molecule has 0 amide bonds. The second kappa shape index (κ2) is 21.9. The molecule has 0 atom stereocenters. The van der Waals surface area contributed by atoms with Gasteiger partial charge in [-0.3, -0.25) is 4.57 Å². The molecule has 0 unspecified atom stereocenters. The van der Waals surface area contributed by atoms with Crippen molar-refractivity contribution in [3.05, 3.63) is 191 Å². The van der Waals surface area contributed by atoms with Crippen LogP contribution in [-0.4, -0.2) is 29.2 Å². The van der Waals surface area contributed by atoms with E-state index in [1.54, 1.807) is 0 Å². The first-order valence-electron chi connectivity index (χ1n) is 28.6. The maximum atomic E-state index is 12.9. The van der Waals surface area contributed by atoms with Gasteiger partial charge in [-0.1, -0.05) is 208 Å². The van der Waals surface area contributed by atoms with Crippen molar-refractivity contribution in [2.75, 3.05) is 0 Å². The fourth-order valence-corrected chi connectivity index (χ4v) is 11.4. The van der Waals surface area contributed by atoms with Gasteiger partial charge >= 0.3 is 0 Å². The molecule has 80 heavy (non-hydrogen) atoms. The predicted molar refractivity (Wildman–Crippen MR) is 334 cm³/mol. The van der Waals surface area contributed by atoms with Crippen LogP contribution in [-0.2, 0) is 37.3 Å². The molecule has 0 radical (unpaired) electrons. The number of fused-ring (bicyclic) bond motifs is 2. The molecule has 10 rings (SSSR count). The summed E-state index contributed by atoms with van der Waals surface area (Å²) in [6.45, 7) is 38.5. The standard InChI is InChI=1S/C73H80N5O.Pt/c1-43(2)56-37-49(47-26-20-18-21-27-47)38-57(44(3)4)65(56)77-62-31-24-30-55(64(62)75-70(77)60-41-54(72(12,13)14)42-61(67(60)79)73(15,16)17)51-34-52(36-53(35-51)71(9,10)11)69-76-68-63(32-25-33-74-68)78(69)66-58(45(5)6)39-50(40-59(66)46(7)8)48-28-22-19-23-29-48;/h18-33,35-46,79H,1-17H3;/q-1;. The number of pyridine rings is 1. The average molecular weight is 1240 g/mol. The maximum Gasteiger partial charge on any atom is 0.170 e. The van der Waals surface area contributed by atoms with Gasteiger partial charge in [0.25, 0.3) is 0 Å². The van der Waals surface area contributed by atoms with Crippen molar-refractivity contribution >= 4 is 22.2 Å². The molecule has 0 saturated heterocycles. The molecule has 0 bridgehead atoms. The molecule has 0 aliphatic heterocycles. The molecular weight excluding hydrogens is 1160 g/mol. The molecular formula is C73H80N5OPt-. The van der Waals surface area contributed by atoms with E-state index < -0.39 is 0 Å². The van der Waals surface area contributed by atoms with Crippen LogP contribution in [0.15, 0.2) is 146 Å². The molecule has 3 aromatic heterocycles. The molecule has 6 nitrogen and oxygen atoms in total. The molecule has 0 spiro atoms. The smallest absolute Gasteiger partial charge is 0.170 e. The normalized spacial score (nSPS) is 12.5. The molecule has 10 aromatic rings. The van der Waals surface area contributed by atoms with Gasteiger partial charge in [0.2, 0.25) is 0 Å². The fraction of sp³-hybridized carbons (Fsp3) is 0.329. The molecule has 1 N–H and O–H groups in total. The zero-order valence-corrected chi connectivity index (χ0v) is 52.4. The van der Waals surface area contributed by atoms with Gasteiger partial charge in [-0.05, 0) is 139 Å². The Morgan fingerprint density at radius 2 is 0.900 bits per heavy atom. The van der Waals surface area contributed by atoms with Crippen LogP contribution in [0.2, 0.25) is 0 Å². The average Bonchev–Trinajstić information content (AvgIpc) is 4.05. The second-order valence-electron chi connectivity index (χ2n) is 26.3. The molecule has 3 heterocycles. The van der Waals surface area contributed by atoms with Gasteiger partial charge in [0.1, 0.15) is 11.6 Å². The third-order valence-electron chi connectivity index (χ3n) is 15.9. The van der Waals surface area contributed by atoms with Crippen molar-refractivity contribution in [3.8, 4) is 73.3 Å². The van der Waals surface area contributed by atoms with E-state index in [0.29, 0.717) is 17.0 Å². The summed E-state index contributed by atoms with van der Waals surface area (Å²) in [6, 6.07) is 54.7. The number of hydrogen-bond donors (Lipinski definition) is 1. The van der Waals surface area contributed by atoms with Crippen molar-refractivity contribution in [1.29, 1.82) is 0 Å². The first-order chi connectivity index (χ1) is 37.3. The summed E-state index contributed by atoms with van der Waals surface area (Å²) < 4.78 is 4.75. The van der Waals surface area contributed by atoms with Crippen LogP contribution in [0.25, 0.3) is 89.7 Å². The van der Waals surface area contributed by atoms with Gasteiger partial charge in [0.05, 0.1) is 33.6 Å². The van der Waals surface area contributed by atoms with E-state index in [0.717, 1.165) is 67.1 Å². The van der Waals surface area contributed by atoms with Crippen molar-refractivity contribution < 1.29 is 26.2 Å². The van der Waals surface area contributed by atoms with Crippen LogP contribution in [0.1, 0.15) is 180 Å². The van der Waals surface area contributed by atoms with Gasteiger partial charge in [0, 0.05) is 38.5 Å². The zero-order chi connectivity index (χ0) is 56.6. The van der Waals surface area contributed by atoms with E-state index in [2.05, 4.69) is 266 Å². The summed E-state index contributed by atoms with van der Waals surface area (Å²) in [5.74, 6) is 2.45. The molecule has 0 saturated carbocycles. The first kappa shape index (κ1) is 57.8. The Morgan fingerprint density at radius 1 is 0.438 bits per heavy atom. The largest absolute Gasteiger partial charge is 0.507 e. The quantitative estimate of drug-likeness (QED) is 0.131. The van der Waals surface area contributed by atoms with Crippen LogP contribution in [0, 0.1) is 6.07 Å². The first-order valence-corrected chi connectivity index (χ1v) is 28.6. The monoisotopic (exact) mass is 1240 g/mol. The minimum atomic E-state index is -0.355. The third-order valence-corrected chi connectivity index (χ3v) is 15.9. The molecule has 7 aromatic carbocycles. The van der Waals surface area contributed by atoms with Crippen LogP contribution >= 0.6 is 0 Å². The van der Waals surface area contributed by atoms with E-state index in [4.69, 9.17) is 15.0 Å². The number of para-hydroxylation sites is 1. The fourth-order valence-electron chi connectivity index (χ4n) is 11.4.